The minimum atomic E-state index is -1.36. The zero-order valence-electron chi connectivity index (χ0n) is 19.3. The van der Waals surface area contributed by atoms with E-state index in [1.54, 1.807) is 57.2 Å². The average molecular weight is 469 g/mol. The minimum Gasteiger partial charge on any atom is -0.462 e. The predicted molar refractivity (Wildman–Crippen MR) is 122 cm³/mol. The molecule has 0 unspecified atom stereocenters. The van der Waals surface area contributed by atoms with Gasteiger partial charge in [0.2, 0.25) is 6.29 Å². The Hall–Kier alpha value is -3.11. The molecule has 180 valence electrons. The summed E-state index contributed by atoms with van der Waals surface area (Å²) in [5.74, 6) is 0.0266. The van der Waals surface area contributed by atoms with E-state index in [1.165, 1.54) is 13.3 Å². The van der Waals surface area contributed by atoms with E-state index in [0.717, 1.165) is 0 Å². The molecule has 0 aliphatic carbocycles. The van der Waals surface area contributed by atoms with Gasteiger partial charge in [0, 0.05) is 36.2 Å². The van der Waals surface area contributed by atoms with Crippen LogP contribution in [0.15, 0.2) is 51.8 Å². The fourth-order valence-corrected chi connectivity index (χ4v) is 4.22. The Bertz CT molecular complexity index is 1250. The number of carbonyl (C=O) groups excluding carboxylic acids is 1. The van der Waals surface area contributed by atoms with Crippen molar-refractivity contribution < 1.29 is 33.6 Å². The number of carbonyl (C=O) groups is 1. The zero-order valence-corrected chi connectivity index (χ0v) is 19.3. The van der Waals surface area contributed by atoms with Gasteiger partial charge in [-0.1, -0.05) is 6.07 Å². The van der Waals surface area contributed by atoms with Crippen LogP contribution in [0.4, 0.5) is 0 Å². The topological polar surface area (TPSA) is 128 Å². The van der Waals surface area contributed by atoms with Crippen molar-refractivity contribution in [2.24, 2.45) is 0 Å². The molecule has 1 fully saturated rings. The van der Waals surface area contributed by atoms with E-state index in [-0.39, 0.29) is 29.0 Å². The van der Waals surface area contributed by atoms with Gasteiger partial charge in [0.05, 0.1) is 5.60 Å². The highest BCUT2D eigenvalue weighted by Gasteiger charge is 2.50. The quantitative estimate of drug-likeness (QED) is 0.412. The van der Waals surface area contributed by atoms with Gasteiger partial charge in [-0.25, -0.2) is 4.79 Å². The molecule has 9 heteroatoms. The molecular weight excluding hydrogens is 442 g/mol. The third kappa shape index (κ3) is 4.47. The molecule has 1 aliphatic heterocycles. The smallest absolute Gasteiger partial charge is 0.339 e. The molecule has 1 saturated heterocycles. The number of aliphatic hydroxyl groups is 2. The summed E-state index contributed by atoms with van der Waals surface area (Å²) in [5.41, 5.74) is -0.271. The monoisotopic (exact) mass is 469 g/mol. The van der Waals surface area contributed by atoms with Crippen molar-refractivity contribution in [2.45, 2.75) is 57.4 Å². The first-order chi connectivity index (χ1) is 16.1. The first kappa shape index (κ1) is 24.0. The van der Waals surface area contributed by atoms with Gasteiger partial charge in [-0.15, -0.1) is 0 Å². The Kier molecular flexibility index (Phi) is 6.55. The number of pyridine rings is 1. The number of hydrogen-bond acceptors (Lipinski definition) is 9. The van der Waals surface area contributed by atoms with E-state index in [0.29, 0.717) is 16.7 Å². The molecule has 0 bridgehead atoms. The summed E-state index contributed by atoms with van der Waals surface area (Å²) in [6, 6.07) is 9.95. The molecule has 0 saturated carbocycles. The van der Waals surface area contributed by atoms with Crippen molar-refractivity contribution in [1.82, 2.24) is 4.98 Å². The number of aryl methyl sites for hydroxylation is 1. The molecule has 9 nitrogen and oxygen atoms in total. The largest absolute Gasteiger partial charge is 0.462 e. The molecule has 3 heterocycles. The molecule has 0 spiro atoms. The van der Waals surface area contributed by atoms with Gasteiger partial charge in [-0.05, 0) is 51.1 Å². The number of Topliss-reactive ketones (excluding diaryl/α,β-unsaturated/α-hetero) is 1. The third-order valence-corrected chi connectivity index (χ3v) is 6.02. The number of fused-ring (bicyclic) bond motifs is 1. The highest BCUT2D eigenvalue weighted by Crippen LogP contribution is 2.34. The van der Waals surface area contributed by atoms with Crippen molar-refractivity contribution in [1.29, 1.82) is 0 Å². The lowest BCUT2D eigenvalue weighted by Gasteiger charge is -2.46. The fraction of sp³-hybridized carbons (Fsp3) is 0.400. The molecule has 0 radical (unpaired) electrons. The lowest BCUT2D eigenvalue weighted by molar-refractivity contribution is -0.306. The standard InChI is InChI=1S/C25H27NO8/c1-13-18(32-24-20(29)19(28)22(31-4)25(2,3)34-24)9-8-14-11-15(23(30)33-21(13)14)12-17(27)16-7-5-6-10-26-16/h5-11,19-20,22,24,28-29H,12H2,1-4H3/t19-,20+,22+,24+/m0/s1. The van der Waals surface area contributed by atoms with E-state index in [1.807, 2.05) is 0 Å². The fourth-order valence-electron chi connectivity index (χ4n) is 4.22. The first-order valence-corrected chi connectivity index (χ1v) is 10.9. The molecule has 1 aromatic carbocycles. The van der Waals surface area contributed by atoms with Crippen molar-refractivity contribution in [3.8, 4) is 5.75 Å². The van der Waals surface area contributed by atoms with Crippen LogP contribution in [0.1, 0.15) is 35.5 Å². The van der Waals surface area contributed by atoms with E-state index in [2.05, 4.69) is 4.98 Å². The third-order valence-electron chi connectivity index (χ3n) is 6.02. The van der Waals surface area contributed by atoms with Crippen molar-refractivity contribution in [3.05, 3.63) is 69.8 Å². The van der Waals surface area contributed by atoms with Crippen LogP contribution in [0.2, 0.25) is 0 Å². The van der Waals surface area contributed by atoms with E-state index >= 15 is 0 Å². The Morgan fingerprint density at radius 3 is 2.62 bits per heavy atom. The van der Waals surface area contributed by atoms with Crippen molar-refractivity contribution in [2.75, 3.05) is 7.11 Å². The summed E-state index contributed by atoms with van der Waals surface area (Å²) in [7, 11) is 1.43. The van der Waals surface area contributed by atoms with E-state index < -0.39 is 35.8 Å². The summed E-state index contributed by atoms with van der Waals surface area (Å²) < 4.78 is 22.6. The van der Waals surface area contributed by atoms with Crippen LogP contribution in [0, 0.1) is 6.92 Å². The van der Waals surface area contributed by atoms with Crippen LogP contribution in [0.3, 0.4) is 0 Å². The summed E-state index contributed by atoms with van der Waals surface area (Å²) in [4.78, 5) is 29.1. The predicted octanol–water partition coefficient (Wildman–Crippen LogP) is 2.17. The van der Waals surface area contributed by atoms with Crippen LogP contribution < -0.4 is 10.4 Å². The van der Waals surface area contributed by atoms with Crippen LogP contribution in [0.25, 0.3) is 11.0 Å². The lowest BCUT2D eigenvalue weighted by atomic mass is 9.89. The van der Waals surface area contributed by atoms with Crippen LogP contribution >= 0.6 is 0 Å². The van der Waals surface area contributed by atoms with Gasteiger partial charge in [0.15, 0.2) is 5.78 Å². The summed E-state index contributed by atoms with van der Waals surface area (Å²) in [6.07, 6.45) is -3.12. The molecule has 34 heavy (non-hydrogen) atoms. The Morgan fingerprint density at radius 2 is 1.94 bits per heavy atom. The molecule has 3 aromatic rings. The number of ether oxygens (including phenoxy) is 3. The molecule has 1 aliphatic rings. The molecule has 2 N–H and O–H groups in total. The van der Waals surface area contributed by atoms with E-state index in [9.17, 15) is 19.8 Å². The second kappa shape index (κ2) is 9.27. The number of rotatable bonds is 6. The highest BCUT2D eigenvalue weighted by atomic mass is 16.7. The Morgan fingerprint density at radius 1 is 1.18 bits per heavy atom. The van der Waals surface area contributed by atoms with Crippen LogP contribution in [0.5, 0.6) is 5.75 Å². The average Bonchev–Trinajstić information content (AvgIpc) is 2.80. The zero-order chi connectivity index (χ0) is 24.6. The van der Waals surface area contributed by atoms with Gasteiger partial charge >= 0.3 is 5.63 Å². The maximum Gasteiger partial charge on any atom is 0.339 e. The maximum atomic E-state index is 12.6. The lowest BCUT2D eigenvalue weighted by Crippen LogP contribution is -2.63. The number of ketones is 1. The first-order valence-electron chi connectivity index (χ1n) is 10.9. The van der Waals surface area contributed by atoms with Gasteiger partial charge in [-0.2, -0.15) is 0 Å². The molecular formula is C25H27NO8. The summed E-state index contributed by atoms with van der Waals surface area (Å²) >= 11 is 0. The number of nitrogens with zero attached hydrogens (tertiary/aromatic N) is 1. The second-order valence-corrected chi connectivity index (χ2v) is 8.83. The van der Waals surface area contributed by atoms with Gasteiger partial charge in [-0.3, -0.25) is 9.78 Å². The normalized spacial score (nSPS) is 24.2. The van der Waals surface area contributed by atoms with Crippen LogP contribution in [-0.2, 0) is 15.9 Å². The number of aliphatic hydroxyl groups excluding tert-OH is 2. The summed E-state index contributed by atoms with van der Waals surface area (Å²) in [6.45, 7) is 5.16. The Labute approximate surface area is 195 Å². The SMILES string of the molecule is CO[C@@H]1[C@@H](O)[C@@H](O)[C@H](Oc2ccc3cc(CC(=O)c4ccccn4)c(=O)oc3c2C)OC1(C)C. The second-order valence-electron chi connectivity index (χ2n) is 8.83. The van der Waals surface area contributed by atoms with Gasteiger partial charge < -0.3 is 28.8 Å². The molecule has 2 aromatic heterocycles. The number of methoxy groups -OCH3 is 1. The Balaban J connectivity index is 1.60. The minimum absolute atomic E-state index is 0.137. The molecule has 0 amide bonds. The van der Waals surface area contributed by atoms with Crippen molar-refractivity contribution in [3.63, 3.8) is 0 Å². The van der Waals surface area contributed by atoms with Crippen molar-refractivity contribution >= 4 is 16.8 Å². The number of benzene rings is 1. The summed E-state index contributed by atoms with van der Waals surface area (Å²) in [5, 5.41) is 21.6. The molecule has 4 rings (SSSR count). The van der Waals surface area contributed by atoms with Crippen LogP contribution in [-0.4, -0.2) is 58.3 Å². The van der Waals surface area contributed by atoms with E-state index in [4.69, 9.17) is 18.6 Å². The maximum absolute atomic E-state index is 12.6. The van der Waals surface area contributed by atoms with Gasteiger partial charge in [0.25, 0.3) is 0 Å². The number of aromatic nitrogens is 1. The van der Waals surface area contributed by atoms with Gasteiger partial charge in [0.1, 0.15) is 35.3 Å². The number of hydrogen-bond donors (Lipinski definition) is 2. The molecule has 4 atom stereocenters. The highest BCUT2D eigenvalue weighted by molar-refractivity contribution is 5.96.